The molecule has 3 aromatic carbocycles. The first kappa shape index (κ1) is 29.3. The lowest BCUT2D eigenvalue weighted by atomic mass is 10.0. The van der Waals surface area contributed by atoms with Crippen molar-refractivity contribution in [3.05, 3.63) is 100 Å². The van der Waals surface area contributed by atoms with Gasteiger partial charge in [-0.25, -0.2) is 12.8 Å². The van der Waals surface area contributed by atoms with Crippen molar-refractivity contribution in [3.63, 3.8) is 0 Å². The molecule has 2 amide bonds. The Hall–Kier alpha value is -3.24. The van der Waals surface area contributed by atoms with E-state index in [-0.39, 0.29) is 37.7 Å². The van der Waals surface area contributed by atoms with Gasteiger partial charge in [0.05, 0.1) is 11.9 Å². The molecule has 0 heterocycles. The summed E-state index contributed by atoms with van der Waals surface area (Å²) in [6.45, 7) is 0.237. The van der Waals surface area contributed by atoms with E-state index in [1.165, 1.54) is 31.3 Å². The summed E-state index contributed by atoms with van der Waals surface area (Å²) in [5.41, 5.74) is 2.08. The number of hydrogen-bond donors (Lipinski definition) is 1. The Labute approximate surface area is 231 Å². The molecule has 0 aliphatic carbocycles. The predicted octanol–water partition coefficient (Wildman–Crippen LogP) is 4.52. The van der Waals surface area contributed by atoms with Gasteiger partial charge in [-0.2, -0.15) is 0 Å². The molecule has 0 radical (unpaired) electrons. The fourth-order valence-electron chi connectivity index (χ4n) is 4.16. The van der Waals surface area contributed by atoms with Crippen LogP contribution >= 0.6 is 15.9 Å². The smallest absolute Gasteiger partial charge is 0.242 e. The molecule has 7 nitrogen and oxygen atoms in total. The zero-order valence-electron chi connectivity index (χ0n) is 21.3. The van der Waals surface area contributed by atoms with Gasteiger partial charge in [0.1, 0.15) is 11.9 Å². The largest absolute Gasteiger partial charge is 0.357 e. The van der Waals surface area contributed by atoms with E-state index in [0.717, 1.165) is 26.2 Å². The van der Waals surface area contributed by atoms with Gasteiger partial charge in [-0.05, 0) is 53.9 Å². The summed E-state index contributed by atoms with van der Waals surface area (Å²) in [6.07, 6.45) is 1.62. The van der Waals surface area contributed by atoms with E-state index in [2.05, 4.69) is 21.2 Å². The fraction of sp³-hybridized carbons (Fsp3) is 0.286. The Balaban J connectivity index is 1.84. The average molecular weight is 605 g/mol. The molecule has 0 unspecified atom stereocenters. The quantitative estimate of drug-likeness (QED) is 0.330. The van der Waals surface area contributed by atoms with E-state index in [1.54, 1.807) is 4.90 Å². The van der Waals surface area contributed by atoms with Crippen LogP contribution in [0.1, 0.15) is 24.0 Å². The number of hydrogen-bond acceptors (Lipinski definition) is 4. The van der Waals surface area contributed by atoms with Crippen molar-refractivity contribution in [3.8, 4) is 0 Å². The zero-order chi connectivity index (χ0) is 27.7. The molecule has 38 heavy (non-hydrogen) atoms. The molecule has 10 heteroatoms. The molecule has 1 atom stereocenters. The third kappa shape index (κ3) is 8.39. The van der Waals surface area contributed by atoms with Crippen molar-refractivity contribution in [1.29, 1.82) is 0 Å². The molecule has 1 N–H and O–H groups in total. The Morgan fingerprint density at radius 3 is 2.24 bits per heavy atom. The predicted molar refractivity (Wildman–Crippen MR) is 151 cm³/mol. The van der Waals surface area contributed by atoms with E-state index in [9.17, 15) is 22.4 Å². The molecule has 3 aromatic rings. The molecule has 0 aromatic heterocycles. The van der Waals surface area contributed by atoms with Gasteiger partial charge in [0.25, 0.3) is 0 Å². The number of likely N-dealkylation sites (N-methyl/N-ethyl adjacent to an activating group) is 1. The van der Waals surface area contributed by atoms with Crippen LogP contribution < -0.4 is 9.62 Å². The monoisotopic (exact) mass is 603 g/mol. The molecule has 0 saturated heterocycles. The van der Waals surface area contributed by atoms with E-state index in [4.69, 9.17) is 0 Å². The van der Waals surface area contributed by atoms with Crippen LogP contribution in [0.5, 0.6) is 0 Å². The van der Waals surface area contributed by atoms with Gasteiger partial charge in [0, 0.05) is 37.5 Å². The molecule has 202 valence electrons. The first-order valence-electron chi connectivity index (χ1n) is 12.1. The Kier molecular flexibility index (Phi) is 10.4. The number of carbonyl (C=O) groups excluding carboxylic acids is 2. The molecule has 0 bridgehead atoms. The van der Waals surface area contributed by atoms with E-state index in [1.807, 2.05) is 54.6 Å². The average Bonchev–Trinajstić information content (AvgIpc) is 2.88. The topological polar surface area (TPSA) is 86.8 Å². The van der Waals surface area contributed by atoms with Gasteiger partial charge in [0.15, 0.2) is 0 Å². The van der Waals surface area contributed by atoms with Crippen molar-refractivity contribution in [1.82, 2.24) is 10.2 Å². The second-order valence-corrected chi connectivity index (χ2v) is 11.7. The second kappa shape index (κ2) is 13.5. The molecule has 0 spiro atoms. The number of amides is 2. The summed E-state index contributed by atoms with van der Waals surface area (Å²) in [4.78, 5) is 28.2. The van der Waals surface area contributed by atoms with Crippen LogP contribution in [0.2, 0.25) is 0 Å². The minimum Gasteiger partial charge on any atom is -0.357 e. The summed E-state index contributed by atoms with van der Waals surface area (Å²) < 4.78 is 40.2. The number of sulfonamides is 1. The van der Waals surface area contributed by atoms with Crippen molar-refractivity contribution in [2.24, 2.45) is 0 Å². The maximum atomic E-state index is 13.6. The van der Waals surface area contributed by atoms with Gasteiger partial charge in [0.2, 0.25) is 21.8 Å². The van der Waals surface area contributed by atoms with Crippen LogP contribution in [0.25, 0.3) is 0 Å². The van der Waals surface area contributed by atoms with Gasteiger partial charge in [-0.1, -0.05) is 58.4 Å². The zero-order valence-corrected chi connectivity index (χ0v) is 23.7. The Bertz CT molecular complexity index is 1340. The van der Waals surface area contributed by atoms with Crippen LogP contribution in [0, 0.1) is 5.82 Å². The Morgan fingerprint density at radius 1 is 0.974 bits per heavy atom. The first-order valence-corrected chi connectivity index (χ1v) is 14.8. The maximum absolute atomic E-state index is 13.6. The van der Waals surface area contributed by atoms with Crippen LogP contribution in [0.15, 0.2) is 83.3 Å². The van der Waals surface area contributed by atoms with Crippen LogP contribution in [0.4, 0.5) is 10.1 Å². The Morgan fingerprint density at radius 2 is 1.63 bits per heavy atom. The molecular formula is C28H31BrFN3O4S. The number of nitrogens with one attached hydrogen (secondary N) is 1. The number of nitrogens with zero attached hydrogens (tertiary/aromatic N) is 2. The summed E-state index contributed by atoms with van der Waals surface area (Å²) in [7, 11) is -2.12. The van der Waals surface area contributed by atoms with Crippen molar-refractivity contribution in [2.45, 2.75) is 31.8 Å². The highest BCUT2D eigenvalue weighted by molar-refractivity contribution is 9.10. The molecular weight excluding hydrogens is 573 g/mol. The number of carbonyl (C=O) groups is 2. The highest BCUT2D eigenvalue weighted by Crippen LogP contribution is 2.21. The normalized spacial score (nSPS) is 12.0. The molecule has 0 aliphatic rings. The number of rotatable bonds is 12. The summed E-state index contributed by atoms with van der Waals surface area (Å²) in [5.74, 6) is -1.04. The summed E-state index contributed by atoms with van der Waals surface area (Å²) in [5, 5.41) is 2.68. The van der Waals surface area contributed by atoms with Gasteiger partial charge in [-0.15, -0.1) is 0 Å². The lowest BCUT2D eigenvalue weighted by Crippen LogP contribution is -2.49. The third-order valence-corrected chi connectivity index (χ3v) is 7.71. The standard InChI is InChI=1S/C28H31BrFN3O4S/c1-31-28(35)26(19-21-8-4-3-5-9-21)32(20-22-10-6-11-23(29)18-22)27(34)12-7-17-33(38(2,36)37)25-15-13-24(30)14-16-25/h3-6,8-11,13-16,18,26H,7,12,17,19-20H2,1-2H3,(H,31,35)/t26-/m0/s1. The van der Waals surface area contributed by atoms with Gasteiger partial charge in [-0.3, -0.25) is 13.9 Å². The molecule has 0 aliphatic heterocycles. The van der Waals surface area contributed by atoms with E-state index in [0.29, 0.717) is 12.1 Å². The lowest BCUT2D eigenvalue weighted by molar-refractivity contribution is -0.141. The molecule has 0 fully saturated rings. The minimum absolute atomic E-state index is 0.0174. The van der Waals surface area contributed by atoms with E-state index < -0.39 is 21.9 Å². The summed E-state index contributed by atoms with van der Waals surface area (Å²) in [6, 6.07) is 21.4. The maximum Gasteiger partial charge on any atom is 0.242 e. The summed E-state index contributed by atoms with van der Waals surface area (Å²) >= 11 is 3.46. The van der Waals surface area contributed by atoms with Gasteiger partial charge < -0.3 is 10.2 Å². The fourth-order valence-corrected chi connectivity index (χ4v) is 5.58. The third-order valence-electron chi connectivity index (χ3n) is 6.03. The van der Waals surface area contributed by atoms with E-state index >= 15 is 0 Å². The highest BCUT2D eigenvalue weighted by Gasteiger charge is 2.30. The van der Waals surface area contributed by atoms with Crippen molar-refractivity contribution in [2.75, 3.05) is 24.2 Å². The highest BCUT2D eigenvalue weighted by atomic mass is 79.9. The second-order valence-electron chi connectivity index (χ2n) is 8.89. The van der Waals surface area contributed by atoms with Crippen molar-refractivity contribution < 1.29 is 22.4 Å². The van der Waals surface area contributed by atoms with Crippen molar-refractivity contribution >= 4 is 43.5 Å². The number of anilines is 1. The molecule has 3 rings (SSSR count). The SMILES string of the molecule is CNC(=O)[C@H](Cc1ccccc1)N(Cc1cccc(Br)c1)C(=O)CCCN(c1ccc(F)cc1)S(C)(=O)=O. The number of benzene rings is 3. The lowest BCUT2D eigenvalue weighted by Gasteiger charge is -2.31. The molecule has 0 saturated carbocycles. The van der Waals surface area contributed by atoms with Crippen LogP contribution in [-0.4, -0.2) is 51.0 Å². The van der Waals surface area contributed by atoms with Crippen LogP contribution in [-0.2, 0) is 32.6 Å². The number of halogens is 2. The van der Waals surface area contributed by atoms with Crippen LogP contribution in [0.3, 0.4) is 0 Å². The van der Waals surface area contributed by atoms with Gasteiger partial charge >= 0.3 is 0 Å². The minimum atomic E-state index is -3.66. The first-order chi connectivity index (χ1) is 18.1.